The molecule has 0 unspecified atom stereocenters. The van der Waals surface area contributed by atoms with Crippen LogP contribution in [0.3, 0.4) is 0 Å². The van der Waals surface area contributed by atoms with Crippen molar-refractivity contribution in [2.75, 3.05) is 0 Å². The topological polar surface area (TPSA) is 36.7 Å². The third-order valence-electron chi connectivity index (χ3n) is 3.03. The van der Waals surface area contributed by atoms with Crippen molar-refractivity contribution in [2.24, 2.45) is 0 Å². The van der Waals surface area contributed by atoms with Crippen molar-refractivity contribution in [1.82, 2.24) is 4.98 Å². The van der Waals surface area contributed by atoms with E-state index in [2.05, 4.69) is 11.1 Å². The first-order chi connectivity index (χ1) is 9.20. The highest BCUT2D eigenvalue weighted by Gasteiger charge is 2.15. The number of nitriles is 1. The van der Waals surface area contributed by atoms with Gasteiger partial charge in [0, 0.05) is 5.56 Å². The van der Waals surface area contributed by atoms with Crippen LogP contribution in [0.1, 0.15) is 11.1 Å². The Labute approximate surface area is 113 Å². The van der Waals surface area contributed by atoms with Gasteiger partial charge in [0.1, 0.15) is 5.82 Å². The van der Waals surface area contributed by atoms with Gasteiger partial charge in [0.05, 0.1) is 27.4 Å². The molecule has 3 rings (SSSR count). The molecule has 0 bridgehead atoms. The van der Waals surface area contributed by atoms with Crippen molar-refractivity contribution in [3.8, 4) is 17.2 Å². The quantitative estimate of drug-likeness (QED) is 0.660. The third-order valence-corrected chi connectivity index (χ3v) is 3.80. The van der Waals surface area contributed by atoms with Crippen LogP contribution in [-0.2, 0) is 0 Å². The molecule has 2 aromatic carbocycles. The maximum Gasteiger partial charge on any atom is 0.136 e. The first-order valence-electron chi connectivity index (χ1n) is 5.73. The molecule has 0 N–H and O–H groups in total. The number of nitrogens with zero attached hydrogens (tertiary/aromatic N) is 2. The summed E-state index contributed by atoms with van der Waals surface area (Å²) in [6, 6.07) is 10.8. The van der Waals surface area contributed by atoms with Crippen molar-refractivity contribution >= 4 is 21.6 Å². The second kappa shape index (κ2) is 4.45. The third kappa shape index (κ3) is 1.88. The van der Waals surface area contributed by atoms with E-state index in [1.54, 1.807) is 42.8 Å². The lowest BCUT2D eigenvalue weighted by Crippen LogP contribution is -1.91. The van der Waals surface area contributed by atoms with E-state index in [1.165, 1.54) is 11.3 Å². The summed E-state index contributed by atoms with van der Waals surface area (Å²) in [5.74, 6) is -0.270. The Bertz CT molecular complexity index is 815. The lowest BCUT2D eigenvalue weighted by molar-refractivity contribution is 0.623. The van der Waals surface area contributed by atoms with E-state index in [-0.39, 0.29) is 5.82 Å². The minimum Gasteiger partial charge on any atom is -0.244 e. The van der Waals surface area contributed by atoms with Crippen molar-refractivity contribution in [3.05, 3.63) is 52.8 Å². The van der Waals surface area contributed by atoms with Gasteiger partial charge in [0.2, 0.25) is 0 Å². The summed E-state index contributed by atoms with van der Waals surface area (Å²) in [4.78, 5) is 4.25. The summed E-state index contributed by atoms with van der Waals surface area (Å²) in [6.45, 7) is 1.74. The Morgan fingerprint density at radius 2 is 2.16 bits per heavy atom. The molecule has 0 saturated heterocycles. The zero-order chi connectivity index (χ0) is 13.4. The largest absolute Gasteiger partial charge is 0.244 e. The van der Waals surface area contributed by atoms with Gasteiger partial charge < -0.3 is 0 Å². The van der Waals surface area contributed by atoms with Crippen molar-refractivity contribution in [3.63, 3.8) is 0 Å². The van der Waals surface area contributed by atoms with E-state index >= 15 is 0 Å². The molecule has 4 heteroatoms. The highest BCUT2D eigenvalue weighted by atomic mass is 32.1. The molecule has 1 aromatic heterocycles. The van der Waals surface area contributed by atoms with Crippen molar-refractivity contribution in [2.45, 2.75) is 6.92 Å². The van der Waals surface area contributed by atoms with Gasteiger partial charge in [-0.05, 0) is 36.2 Å². The summed E-state index contributed by atoms with van der Waals surface area (Å²) in [6.07, 6.45) is 0. The lowest BCUT2D eigenvalue weighted by atomic mass is 9.99. The number of hydrogen-bond donors (Lipinski definition) is 0. The molecule has 0 spiro atoms. The van der Waals surface area contributed by atoms with Gasteiger partial charge in [-0.1, -0.05) is 12.1 Å². The van der Waals surface area contributed by atoms with Crippen LogP contribution in [0.2, 0.25) is 0 Å². The lowest BCUT2D eigenvalue weighted by Gasteiger charge is -2.07. The molecule has 0 amide bonds. The number of benzene rings is 2. The van der Waals surface area contributed by atoms with E-state index in [0.29, 0.717) is 27.8 Å². The van der Waals surface area contributed by atoms with Gasteiger partial charge in [-0.25, -0.2) is 9.37 Å². The summed E-state index contributed by atoms with van der Waals surface area (Å²) >= 11 is 1.49. The zero-order valence-electron chi connectivity index (χ0n) is 10.1. The van der Waals surface area contributed by atoms with E-state index in [0.717, 1.165) is 4.70 Å². The fraction of sp³-hybridized carbons (Fsp3) is 0.0667. The molecule has 0 aliphatic heterocycles. The Morgan fingerprint density at radius 1 is 1.32 bits per heavy atom. The van der Waals surface area contributed by atoms with E-state index in [9.17, 15) is 4.39 Å². The number of hydrogen-bond acceptors (Lipinski definition) is 3. The van der Waals surface area contributed by atoms with Crippen LogP contribution in [0.4, 0.5) is 4.39 Å². The van der Waals surface area contributed by atoms with Gasteiger partial charge in [0.15, 0.2) is 0 Å². The fourth-order valence-electron chi connectivity index (χ4n) is 2.11. The normalized spacial score (nSPS) is 10.6. The second-order valence-corrected chi connectivity index (χ2v) is 5.16. The Morgan fingerprint density at radius 3 is 2.95 bits per heavy atom. The predicted molar refractivity (Wildman–Crippen MR) is 74.5 cm³/mol. The maximum absolute atomic E-state index is 14.4. The Balaban J connectivity index is 2.38. The average molecular weight is 268 g/mol. The highest BCUT2D eigenvalue weighted by molar-refractivity contribution is 7.16. The monoisotopic (exact) mass is 268 g/mol. The number of halogens is 1. The van der Waals surface area contributed by atoms with Crippen molar-refractivity contribution in [1.29, 1.82) is 5.26 Å². The molecule has 0 aliphatic carbocycles. The molecule has 0 aliphatic rings. The van der Waals surface area contributed by atoms with Gasteiger partial charge in [-0.3, -0.25) is 0 Å². The van der Waals surface area contributed by atoms with Gasteiger partial charge in [0.25, 0.3) is 0 Å². The molecular formula is C15H9FN2S. The number of fused-ring (bicyclic) bond motifs is 1. The van der Waals surface area contributed by atoms with Gasteiger partial charge in [-0.15, -0.1) is 11.3 Å². The minimum absolute atomic E-state index is 0.270. The maximum atomic E-state index is 14.4. The molecule has 0 atom stereocenters. The first kappa shape index (κ1) is 11.8. The SMILES string of the molecule is Cc1cc2scnc2c(-c2cccc(C#N)c2)c1F. The van der Waals surface area contributed by atoms with Crippen molar-refractivity contribution < 1.29 is 4.39 Å². The molecular weight excluding hydrogens is 259 g/mol. The molecule has 19 heavy (non-hydrogen) atoms. The summed E-state index contributed by atoms with van der Waals surface area (Å²) in [5.41, 5.74) is 4.64. The van der Waals surface area contributed by atoms with Crippen LogP contribution >= 0.6 is 11.3 Å². The fourth-order valence-corrected chi connectivity index (χ4v) is 2.90. The standard InChI is InChI=1S/C15H9FN2S/c1-9-5-12-15(18-8-19-12)13(14(9)16)11-4-2-3-10(6-11)7-17/h2-6,8H,1H3. The number of aryl methyl sites for hydroxylation is 1. The summed E-state index contributed by atoms with van der Waals surface area (Å²) in [5, 5.41) is 8.95. The number of aromatic nitrogens is 1. The smallest absolute Gasteiger partial charge is 0.136 e. The van der Waals surface area contributed by atoms with Crippen LogP contribution < -0.4 is 0 Å². The van der Waals surface area contributed by atoms with E-state index in [1.807, 2.05) is 0 Å². The van der Waals surface area contributed by atoms with Gasteiger partial charge in [-0.2, -0.15) is 5.26 Å². The van der Waals surface area contributed by atoms with Crippen LogP contribution in [0.15, 0.2) is 35.8 Å². The molecule has 0 radical (unpaired) electrons. The summed E-state index contributed by atoms with van der Waals surface area (Å²) < 4.78 is 15.4. The Kier molecular flexibility index (Phi) is 2.77. The molecule has 0 saturated carbocycles. The van der Waals surface area contributed by atoms with E-state index in [4.69, 9.17) is 5.26 Å². The predicted octanol–water partition coefficient (Wildman–Crippen LogP) is 4.28. The first-order valence-corrected chi connectivity index (χ1v) is 6.61. The molecule has 2 nitrogen and oxygen atoms in total. The van der Waals surface area contributed by atoms with Crippen LogP contribution in [-0.4, -0.2) is 4.98 Å². The zero-order valence-corrected chi connectivity index (χ0v) is 11.0. The highest BCUT2D eigenvalue weighted by Crippen LogP contribution is 2.34. The second-order valence-electron chi connectivity index (χ2n) is 4.27. The Hall–Kier alpha value is -2.25. The molecule has 1 heterocycles. The molecule has 92 valence electrons. The van der Waals surface area contributed by atoms with E-state index < -0.39 is 0 Å². The summed E-state index contributed by atoms with van der Waals surface area (Å²) in [7, 11) is 0. The van der Waals surface area contributed by atoms with Crippen LogP contribution in [0, 0.1) is 24.1 Å². The van der Waals surface area contributed by atoms with Gasteiger partial charge >= 0.3 is 0 Å². The number of rotatable bonds is 1. The van der Waals surface area contributed by atoms with Crippen LogP contribution in [0.25, 0.3) is 21.3 Å². The number of thiazole rings is 1. The molecule has 3 aromatic rings. The molecule has 0 fully saturated rings. The average Bonchev–Trinajstić information content (AvgIpc) is 2.87. The van der Waals surface area contributed by atoms with Crippen LogP contribution in [0.5, 0.6) is 0 Å². The minimum atomic E-state index is -0.270.